The molecule has 4 heteroatoms. The van der Waals surface area contributed by atoms with Gasteiger partial charge in [-0.2, -0.15) is 5.26 Å². The summed E-state index contributed by atoms with van der Waals surface area (Å²) in [5, 5.41) is 12.5. The summed E-state index contributed by atoms with van der Waals surface area (Å²) in [5.74, 6) is 0. The molecule has 0 aliphatic carbocycles. The maximum absolute atomic E-state index is 9.25. The fourth-order valence-corrected chi connectivity index (χ4v) is 1.91. The summed E-state index contributed by atoms with van der Waals surface area (Å²) in [6.45, 7) is 4.13. The molecule has 1 saturated heterocycles. The van der Waals surface area contributed by atoms with Crippen LogP contribution in [0.5, 0.6) is 0 Å². The Labute approximate surface area is 91.6 Å². The fraction of sp³-hybridized carbons (Fsp3) is 0.909. The molecule has 1 rings (SSSR count). The SMILES string of the molecule is CCC1CC(C#N)(NCCOC)CCO1. The third kappa shape index (κ3) is 3.45. The Kier molecular flexibility index (Phi) is 5.03. The van der Waals surface area contributed by atoms with Crippen molar-refractivity contribution in [3.63, 3.8) is 0 Å². The lowest BCUT2D eigenvalue weighted by Gasteiger charge is -2.36. The molecule has 2 atom stereocenters. The average molecular weight is 212 g/mol. The third-order valence-corrected chi connectivity index (χ3v) is 2.90. The van der Waals surface area contributed by atoms with Crippen LogP contribution in [-0.2, 0) is 9.47 Å². The maximum atomic E-state index is 9.25. The van der Waals surface area contributed by atoms with Crippen LogP contribution >= 0.6 is 0 Å². The second kappa shape index (κ2) is 6.06. The Bertz CT molecular complexity index is 227. The Hall–Kier alpha value is -0.630. The van der Waals surface area contributed by atoms with Crippen LogP contribution in [0.25, 0.3) is 0 Å². The van der Waals surface area contributed by atoms with Crippen molar-refractivity contribution in [2.75, 3.05) is 26.9 Å². The van der Waals surface area contributed by atoms with Gasteiger partial charge in [-0.3, -0.25) is 5.32 Å². The van der Waals surface area contributed by atoms with Gasteiger partial charge in [-0.05, 0) is 6.42 Å². The summed E-state index contributed by atoms with van der Waals surface area (Å²) < 4.78 is 10.5. The molecular formula is C11H20N2O2. The van der Waals surface area contributed by atoms with Crippen molar-refractivity contribution >= 4 is 0 Å². The monoisotopic (exact) mass is 212 g/mol. The van der Waals surface area contributed by atoms with Crippen molar-refractivity contribution in [3.8, 4) is 6.07 Å². The lowest BCUT2D eigenvalue weighted by molar-refractivity contribution is -0.0168. The highest BCUT2D eigenvalue weighted by Gasteiger charge is 2.35. The van der Waals surface area contributed by atoms with Crippen LogP contribution in [0.15, 0.2) is 0 Å². The molecule has 1 heterocycles. The summed E-state index contributed by atoms with van der Waals surface area (Å²) in [4.78, 5) is 0. The molecule has 0 saturated carbocycles. The largest absolute Gasteiger partial charge is 0.383 e. The van der Waals surface area contributed by atoms with Crippen LogP contribution in [0.2, 0.25) is 0 Å². The zero-order chi connectivity index (χ0) is 11.1. The third-order valence-electron chi connectivity index (χ3n) is 2.90. The number of rotatable bonds is 5. The summed E-state index contributed by atoms with van der Waals surface area (Å²) in [6.07, 6.45) is 2.73. The van der Waals surface area contributed by atoms with Crippen molar-refractivity contribution in [2.45, 2.75) is 37.8 Å². The quantitative estimate of drug-likeness (QED) is 0.693. The van der Waals surface area contributed by atoms with Crippen LogP contribution in [-0.4, -0.2) is 38.5 Å². The number of nitrogens with zero attached hydrogens (tertiary/aromatic N) is 1. The van der Waals surface area contributed by atoms with E-state index in [0.29, 0.717) is 13.2 Å². The highest BCUT2D eigenvalue weighted by atomic mass is 16.5. The van der Waals surface area contributed by atoms with Gasteiger partial charge in [0.1, 0.15) is 5.54 Å². The van der Waals surface area contributed by atoms with Crippen molar-refractivity contribution in [1.82, 2.24) is 5.32 Å². The van der Waals surface area contributed by atoms with Crippen LogP contribution in [0, 0.1) is 11.3 Å². The molecule has 0 bridgehead atoms. The van der Waals surface area contributed by atoms with Crippen molar-refractivity contribution in [1.29, 1.82) is 5.26 Å². The molecule has 0 aromatic rings. The van der Waals surface area contributed by atoms with Gasteiger partial charge in [0.05, 0.1) is 18.8 Å². The van der Waals surface area contributed by atoms with Crippen molar-refractivity contribution < 1.29 is 9.47 Å². The van der Waals surface area contributed by atoms with Gasteiger partial charge in [-0.1, -0.05) is 6.92 Å². The zero-order valence-corrected chi connectivity index (χ0v) is 9.58. The first-order chi connectivity index (χ1) is 7.26. The minimum Gasteiger partial charge on any atom is -0.383 e. The maximum Gasteiger partial charge on any atom is 0.111 e. The molecule has 4 nitrogen and oxygen atoms in total. The summed E-state index contributed by atoms with van der Waals surface area (Å²) in [6, 6.07) is 2.39. The molecule has 2 unspecified atom stereocenters. The molecule has 1 aliphatic rings. The summed E-state index contributed by atoms with van der Waals surface area (Å²) >= 11 is 0. The smallest absolute Gasteiger partial charge is 0.111 e. The van der Waals surface area contributed by atoms with E-state index in [0.717, 1.165) is 25.8 Å². The molecule has 1 N–H and O–H groups in total. The zero-order valence-electron chi connectivity index (χ0n) is 9.58. The van der Waals surface area contributed by atoms with Gasteiger partial charge >= 0.3 is 0 Å². The highest BCUT2D eigenvalue weighted by molar-refractivity contribution is 5.09. The number of nitrogens with one attached hydrogen (secondary N) is 1. The lowest BCUT2D eigenvalue weighted by Crippen LogP contribution is -2.51. The van der Waals surface area contributed by atoms with Crippen LogP contribution in [0.3, 0.4) is 0 Å². The molecule has 0 radical (unpaired) electrons. The predicted octanol–water partition coefficient (Wildman–Crippen LogP) is 1.07. The second-order valence-electron chi connectivity index (χ2n) is 3.97. The van der Waals surface area contributed by atoms with Gasteiger partial charge in [-0.15, -0.1) is 0 Å². The van der Waals surface area contributed by atoms with E-state index in [9.17, 15) is 5.26 Å². The topological polar surface area (TPSA) is 54.3 Å². The minimum atomic E-state index is -0.405. The predicted molar refractivity (Wildman–Crippen MR) is 57.5 cm³/mol. The van der Waals surface area contributed by atoms with Gasteiger partial charge in [-0.25, -0.2) is 0 Å². The average Bonchev–Trinajstić information content (AvgIpc) is 2.30. The molecule has 0 spiro atoms. The van der Waals surface area contributed by atoms with Gasteiger partial charge < -0.3 is 9.47 Å². The first kappa shape index (κ1) is 12.4. The summed E-state index contributed by atoms with van der Waals surface area (Å²) in [7, 11) is 1.67. The van der Waals surface area contributed by atoms with Gasteiger partial charge in [0.15, 0.2) is 0 Å². The highest BCUT2D eigenvalue weighted by Crippen LogP contribution is 2.25. The number of nitriles is 1. The molecule has 0 aromatic heterocycles. The van der Waals surface area contributed by atoms with E-state index in [-0.39, 0.29) is 6.10 Å². The van der Waals surface area contributed by atoms with E-state index in [4.69, 9.17) is 9.47 Å². The van der Waals surface area contributed by atoms with E-state index in [1.807, 2.05) is 0 Å². The van der Waals surface area contributed by atoms with Gasteiger partial charge in [0.2, 0.25) is 0 Å². The number of ether oxygens (including phenoxy) is 2. The number of hydrogen-bond acceptors (Lipinski definition) is 4. The first-order valence-corrected chi connectivity index (χ1v) is 5.53. The van der Waals surface area contributed by atoms with Gasteiger partial charge in [0, 0.05) is 33.1 Å². The molecule has 1 fully saturated rings. The molecule has 86 valence electrons. The lowest BCUT2D eigenvalue weighted by atomic mass is 9.87. The normalized spacial score (nSPS) is 31.1. The molecule has 15 heavy (non-hydrogen) atoms. The molecule has 0 aromatic carbocycles. The van der Waals surface area contributed by atoms with Gasteiger partial charge in [0.25, 0.3) is 0 Å². The van der Waals surface area contributed by atoms with E-state index < -0.39 is 5.54 Å². The van der Waals surface area contributed by atoms with Crippen molar-refractivity contribution in [3.05, 3.63) is 0 Å². The van der Waals surface area contributed by atoms with Crippen molar-refractivity contribution in [2.24, 2.45) is 0 Å². The molecule has 1 aliphatic heterocycles. The van der Waals surface area contributed by atoms with E-state index in [1.54, 1.807) is 7.11 Å². The van der Waals surface area contributed by atoms with E-state index >= 15 is 0 Å². The molecular weight excluding hydrogens is 192 g/mol. The van der Waals surface area contributed by atoms with E-state index in [1.165, 1.54) is 0 Å². The number of hydrogen-bond donors (Lipinski definition) is 1. The second-order valence-corrected chi connectivity index (χ2v) is 3.97. The Balaban J connectivity index is 2.48. The summed E-state index contributed by atoms with van der Waals surface area (Å²) in [5.41, 5.74) is -0.405. The minimum absolute atomic E-state index is 0.216. The molecule has 0 amide bonds. The Morgan fingerprint density at radius 2 is 2.47 bits per heavy atom. The van der Waals surface area contributed by atoms with Crippen LogP contribution in [0.1, 0.15) is 26.2 Å². The first-order valence-electron chi connectivity index (χ1n) is 5.53. The Morgan fingerprint density at radius 3 is 3.07 bits per heavy atom. The van der Waals surface area contributed by atoms with E-state index in [2.05, 4.69) is 18.3 Å². The fourth-order valence-electron chi connectivity index (χ4n) is 1.91. The standard InChI is InChI=1S/C11H20N2O2/c1-3-10-8-11(9-12,4-6-15-10)13-5-7-14-2/h10,13H,3-8H2,1-2H3. The van der Waals surface area contributed by atoms with Crippen LogP contribution < -0.4 is 5.32 Å². The Morgan fingerprint density at radius 1 is 1.67 bits per heavy atom. The number of methoxy groups -OCH3 is 1. The van der Waals surface area contributed by atoms with Crippen LogP contribution in [0.4, 0.5) is 0 Å².